The third-order valence-electron chi connectivity index (χ3n) is 1.24. The third kappa shape index (κ3) is 3.37. The molecule has 0 heterocycles. The van der Waals surface area contributed by atoms with Gasteiger partial charge in [0.2, 0.25) is 0 Å². The molecule has 2 N–H and O–H groups in total. The molecule has 1 aromatic rings. The summed E-state index contributed by atoms with van der Waals surface area (Å²) < 4.78 is 22.9. The summed E-state index contributed by atoms with van der Waals surface area (Å²) >= 11 is -2.39. The van der Waals surface area contributed by atoms with Gasteiger partial charge in [0.15, 0.2) is 5.03 Å². The molecule has 0 bridgehead atoms. The van der Waals surface area contributed by atoms with Crippen LogP contribution in [-0.4, -0.2) is 13.8 Å². The highest BCUT2D eigenvalue weighted by Gasteiger charge is 2.01. The van der Waals surface area contributed by atoms with E-state index >= 15 is 0 Å². The molecule has 0 aliphatic heterocycles. The minimum absolute atomic E-state index is 0.153. The van der Waals surface area contributed by atoms with Gasteiger partial charge in [-0.05, 0) is 24.3 Å². The van der Waals surface area contributed by atoms with Crippen LogP contribution in [0.1, 0.15) is 0 Å². The Kier molecular flexibility index (Phi) is 3.37. The second-order valence-electron chi connectivity index (χ2n) is 2.19. The molecule has 0 aliphatic carbocycles. The van der Waals surface area contributed by atoms with Crippen molar-refractivity contribution in [1.29, 1.82) is 0 Å². The van der Waals surface area contributed by atoms with E-state index in [2.05, 4.69) is 4.18 Å². The van der Waals surface area contributed by atoms with Gasteiger partial charge in [-0.2, -0.15) is 4.21 Å². The van der Waals surface area contributed by atoms with E-state index in [4.69, 9.17) is 4.55 Å². The van der Waals surface area contributed by atoms with E-state index in [1.807, 2.05) is 5.43 Å². The molecule has 0 saturated carbocycles. The average Bonchev–Trinajstić information content (AvgIpc) is 2.06. The predicted molar refractivity (Wildman–Crippen MR) is 48.5 cm³/mol. The molecule has 7 nitrogen and oxygen atoms in total. The number of nitrogens with zero attached hydrogens (tertiary/aromatic N) is 1. The second-order valence-corrected chi connectivity index (χ2v) is 2.79. The second kappa shape index (κ2) is 4.53. The first-order chi connectivity index (χ1) is 6.58. The highest BCUT2D eigenvalue weighted by Crippen LogP contribution is 2.15. The summed E-state index contributed by atoms with van der Waals surface area (Å²) in [4.78, 5) is 10.0. The van der Waals surface area contributed by atoms with E-state index in [9.17, 15) is 14.3 Å². The van der Waals surface area contributed by atoms with Crippen molar-refractivity contribution < 1.29 is 18.0 Å². The van der Waals surface area contributed by atoms with Crippen LogP contribution in [0.5, 0.6) is 5.75 Å². The number of hydrogen-bond acceptors (Lipinski definition) is 4. The van der Waals surface area contributed by atoms with Crippen molar-refractivity contribution in [1.82, 2.24) is 0 Å². The lowest BCUT2D eigenvalue weighted by molar-refractivity contribution is -0.445. The number of hydrazine groups is 1. The van der Waals surface area contributed by atoms with Gasteiger partial charge in [0.25, 0.3) is 0 Å². The van der Waals surface area contributed by atoms with E-state index in [0.717, 1.165) is 0 Å². The smallest absolute Gasteiger partial charge is 0.357 e. The molecule has 0 aliphatic rings. The van der Waals surface area contributed by atoms with E-state index in [-0.39, 0.29) is 11.4 Å². The van der Waals surface area contributed by atoms with Gasteiger partial charge in [0, 0.05) is 0 Å². The fourth-order valence-corrected chi connectivity index (χ4v) is 1.05. The van der Waals surface area contributed by atoms with E-state index in [1.165, 1.54) is 24.3 Å². The molecule has 1 unspecified atom stereocenters. The minimum Gasteiger partial charge on any atom is -0.380 e. The molecular weight excluding hydrogens is 212 g/mol. The molecule has 0 radical (unpaired) electrons. The first kappa shape index (κ1) is 10.4. The zero-order chi connectivity index (χ0) is 10.6. The first-order valence-electron chi connectivity index (χ1n) is 3.38. The van der Waals surface area contributed by atoms with Gasteiger partial charge < -0.3 is 4.18 Å². The topological polar surface area (TPSA) is 102 Å². The number of rotatable bonds is 4. The van der Waals surface area contributed by atoms with Crippen molar-refractivity contribution in [3.05, 3.63) is 34.4 Å². The Labute approximate surface area is 81.3 Å². The van der Waals surface area contributed by atoms with Crippen LogP contribution in [0.3, 0.4) is 0 Å². The summed E-state index contributed by atoms with van der Waals surface area (Å²) in [7, 11) is 0. The molecule has 8 heteroatoms. The zero-order valence-electron chi connectivity index (χ0n) is 6.75. The van der Waals surface area contributed by atoms with Gasteiger partial charge in [0.05, 0.1) is 0 Å². The fourth-order valence-electron chi connectivity index (χ4n) is 0.773. The molecule has 0 saturated heterocycles. The predicted octanol–water partition coefficient (Wildman–Crippen LogP) is 0.806. The Morgan fingerprint density at radius 2 is 2.00 bits per heavy atom. The molecule has 0 fully saturated rings. The number of hydrogen-bond donors (Lipinski definition) is 2. The Balaban J connectivity index is 2.68. The minimum atomic E-state index is -2.39. The lowest BCUT2D eigenvalue weighted by Gasteiger charge is -2.00. The molecule has 0 spiro atoms. The summed E-state index contributed by atoms with van der Waals surface area (Å²) in [6.45, 7) is 0. The van der Waals surface area contributed by atoms with Crippen molar-refractivity contribution in [2.45, 2.75) is 0 Å². The maximum absolute atomic E-state index is 10.2. The largest absolute Gasteiger partial charge is 0.380 e. The number of anilines is 1. The molecule has 1 atom stereocenters. The number of benzene rings is 1. The van der Waals surface area contributed by atoms with Crippen LogP contribution in [0.4, 0.5) is 5.69 Å². The summed E-state index contributed by atoms with van der Waals surface area (Å²) in [5.74, 6) is 0.153. The van der Waals surface area contributed by atoms with Gasteiger partial charge in [-0.25, -0.2) is 10.1 Å². The van der Waals surface area contributed by atoms with E-state index < -0.39 is 16.4 Å². The van der Waals surface area contributed by atoms with Crippen LogP contribution in [0, 0.1) is 10.1 Å². The molecule has 14 heavy (non-hydrogen) atoms. The van der Waals surface area contributed by atoms with Gasteiger partial charge in [-0.15, -0.1) is 5.43 Å². The van der Waals surface area contributed by atoms with Gasteiger partial charge in [0.1, 0.15) is 11.4 Å². The lowest BCUT2D eigenvalue weighted by Crippen LogP contribution is -2.07. The van der Waals surface area contributed by atoms with Crippen LogP contribution in [-0.2, 0) is 11.4 Å². The highest BCUT2D eigenvalue weighted by molar-refractivity contribution is 7.74. The fraction of sp³-hybridized carbons (Fsp3) is 0. The number of nitro groups is 1. The Bertz CT molecular complexity index is 317. The van der Waals surface area contributed by atoms with Crippen molar-refractivity contribution >= 4 is 17.0 Å². The van der Waals surface area contributed by atoms with Crippen LogP contribution < -0.4 is 9.61 Å². The SMILES string of the molecule is O=[N+]([O-])Nc1ccc(OS(=O)O)cc1. The summed E-state index contributed by atoms with van der Waals surface area (Å²) in [5.41, 5.74) is 2.17. The average molecular weight is 218 g/mol. The maximum atomic E-state index is 10.2. The zero-order valence-corrected chi connectivity index (χ0v) is 7.56. The van der Waals surface area contributed by atoms with Gasteiger partial charge in [-0.1, -0.05) is 0 Å². The molecule has 0 aromatic heterocycles. The summed E-state index contributed by atoms with van der Waals surface area (Å²) in [6.07, 6.45) is 0. The third-order valence-corrected chi connectivity index (χ3v) is 1.58. The van der Waals surface area contributed by atoms with Gasteiger partial charge in [-0.3, -0.25) is 4.55 Å². The normalized spacial score (nSPS) is 11.8. The Hall–Kier alpha value is -1.67. The summed E-state index contributed by atoms with van der Waals surface area (Å²) in [5, 5.41) is 9.30. The van der Waals surface area contributed by atoms with E-state index in [0.29, 0.717) is 0 Å². The van der Waals surface area contributed by atoms with Crippen LogP contribution in [0.2, 0.25) is 0 Å². The van der Waals surface area contributed by atoms with Crippen molar-refractivity contribution in [2.75, 3.05) is 5.43 Å². The van der Waals surface area contributed by atoms with Crippen molar-refractivity contribution in [3.8, 4) is 5.75 Å². The molecular formula is C6H6N2O5S. The van der Waals surface area contributed by atoms with Crippen LogP contribution in [0.15, 0.2) is 24.3 Å². The Morgan fingerprint density at radius 1 is 1.43 bits per heavy atom. The van der Waals surface area contributed by atoms with Crippen LogP contribution in [0.25, 0.3) is 0 Å². The highest BCUT2D eigenvalue weighted by atomic mass is 32.2. The Morgan fingerprint density at radius 3 is 2.43 bits per heavy atom. The molecule has 1 aromatic carbocycles. The monoisotopic (exact) mass is 218 g/mol. The summed E-state index contributed by atoms with van der Waals surface area (Å²) in [6, 6.07) is 5.37. The quantitative estimate of drug-likeness (QED) is 0.440. The number of nitrogens with one attached hydrogen (secondary N) is 1. The van der Waals surface area contributed by atoms with Crippen molar-refractivity contribution in [2.24, 2.45) is 0 Å². The van der Waals surface area contributed by atoms with Gasteiger partial charge >= 0.3 is 11.4 Å². The van der Waals surface area contributed by atoms with E-state index in [1.54, 1.807) is 0 Å². The van der Waals surface area contributed by atoms with Crippen molar-refractivity contribution in [3.63, 3.8) is 0 Å². The molecule has 0 amide bonds. The van der Waals surface area contributed by atoms with Crippen LogP contribution >= 0.6 is 0 Å². The molecule has 1 rings (SSSR count). The standard InChI is InChI=1S/C6H6N2O5S/c9-8(10)7-5-1-3-6(4-2-5)13-14(11)12/h1-4,7H,(H,11,12). The first-order valence-corrected chi connectivity index (χ1v) is 4.41. The maximum Gasteiger partial charge on any atom is 0.357 e. The molecule has 76 valence electrons. The lowest BCUT2D eigenvalue weighted by atomic mass is 10.3.